The van der Waals surface area contributed by atoms with E-state index in [2.05, 4.69) is 10.2 Å². The predicted molar refractivity (Wildman–Crippen MR) is 63.6 cm³/mol. The Morgan fingerprint density at radius 1 is 1.47 bits per heavy atom. The molecular formula is C11H25N3O. The van der Waals surface area contributed by atoms with Gasteiger partial charge in [0, 0.05) is 13.1 Å². The van der Waals surface area contributed by atoms with Gasteiger partial charge in [0.2, 0.25) is 5.91 Å². The maximum Gasteiger partial charge on any atom is 0.237 e. The topological polar surface area (TPSA) is 58.4 Å². The first-order valence-corrected chi connectivity index (χ1v) is 5.56. The third-order valence-corrected chi connectivity index (χ3v) is 2.98. The van der Waals surface area contributed by atoms with Crippen LogP contribution in [0.1, 0.15) is 27.2 Å². The molecule has 0 saturated carbocycles. The lowest BCUT2D eigenvalue weighted by Crippen LogP contribution is -2.59. The number of nitrogens with two attached hydrogens (primary N) is 1. The summed E-state index contributed by atoms with van der Waals surface area (Å²) in [6.45, 7) is 7.73. The number of primary amides is 1. The highest BCUT2D eigenvalue weighted by Gasteiger charge is 2.37. The van der Waals surface area contributed by atoms with Gasteiger partial charge in [-0.15, -0.1) is 0 Å². The molecule has 0 fully saturated rings. The second kappa shape index (κ2) is 6.08. The van der Waals surface area contributed by atoms with Crippen LogP contribution in [0.15, 0.2) is 0 Å². The monoisotopic (exact) mass is 215 g/mol. The van der Waals surface area contributed by atoms with E-state index in [1.165, 1.54) is 0 Å². The Morgan fingerprint density at radius 2 is 2.00 bits per heavy atom. The van der Waals surface area contributed by atoms with Gasteiger partial charge >= 0.3 is 0 Å². The van der Waals surface area contributed by atoms with Crippen LogP contribution in [0.4, 0.5) is 0 Å². The van der Waals surface area contributed by atoms with E-state index < -0.39 is 5.54 Å². The molecule has 0 aliphatic heterocycles. The van der Waals surface area contributed by atoms with Crippen molar-refractivity contribution < 1.29 is 4.79 Å². The second-order valence-electron chi connectivity index (χ2n) is 4.57. The van der Waals surface area contributed by atoms with Gasteiger partial charge in [0.15, 0.2) is 0 Å². The summed E-state index contributed by atoms with van der Waals surface area (Å²) in [5, 5.41) is 3.30. The van der Waals surface area contributed by atoms with Gasteiger partial charge in [-0.25, -0.2) is 0 Å². The van der Waals surface area contributed by atoms with E-state index in [1.54, 1.807) is 0 Å². The van der Waals surface area contributed by atoms with Crippen molar-refractivity contribution in [1.82, 2.24) is 10.2 Å². The van der Waals surface area contributed by atoms with Crippen LogP contribution < -0.4 is 11.1 Å². The molecule has 0 aliphatic carbocycles. The highest BCUT2D eigenvalue weighted by Crippen LogP contribution is 2.20. The minimum atomic E-state index is -0.560. The average Bonchev–Trinajstić information content (AvgIpc) is 2.10. The number of nitrogens with one attached hydrogen (secondary N) is 1. The molecule has 4 nitrogen and oxygen atoms in total. The van der Waals surface area contributed by atoms with Gasteiger partial charge in [0.25, 0.3) is 0 Å². The van der Waals surface area contributed by atoms with Gasteiger partial charge in [0.1, 0.15) is 0 Å². The number of hydrogen-bond acceptors (Lipinski definition) is 3. The molecule has 15 heavy (non-hydrogen) atoms. The maximum absolute atomic E-state index is 11.5. The zero-order valence-electron chi connectivity index (χ0n) is 10.6. The fraction of sp³-hybridized carbons (Fsp3) is 0.909. The molecule has 90 valence electrons. The quantitative estimate of drug-likeness (QED) is 0.647. The number of carbonyl (C=O) groups is 1. The summed E-state index contributed by atoms with van der Waals surface area (Å²) >= 11 is 0. The van der Waals surface area contributed by atoms with Crippen molar-refractivity contribution in [3.63, 3.8) is 0 Å². The molecule has 3 N–H and O–H groups in total. The number of rotatable bonds is 7. The summed E-state index contributed by atoms with van der Waals surface area (Å²) < 4.78 is 0. The van der Waals surface area contributed by atoms with Gasteiger partial charge < -0.3 is 16.0 Å². The van der Waals surface area contributed by atoms with E-state index in [0.29, 0.717) is 0 Å². The number of likely N-dealkylation sites (N-methyl/N-ethyl adjacent to an activating group) is 1. The first-order valence-electron chi connectivity index (χ1n) is 5.56. The SMILES string of the molecule is CCC(NCCN(C)C)(C(N)=O)C(C)C. The summed E-state index contributed by atoms with van der Waals surface area (Å²) in [5.74, 6) is -0.0408. The van der Waals surface area contributed by atoms with Crippen LogP contribution in [0.3, 0.4) is 0 Å². The Hall–Kier alpha value is -0.610. The Kier molecular flexibility index (Phi) is 5.83. The van der Waals surface area contributed by atoms with Crippen LogP contribution in [0.2, 0.25) is 0 Å². The molecule has 0 aliphatic rings. The molecule has 1 atom stereocenters. The first-order chi connectivity index (χ1) is 6.86. The molecule has 0 aromatic carbocycles. The predicted octanol–water partition coefficient (Wildman–Crippen LogP) is 0.428. The molecule has 0 aromatic heterocycles. The molecule has 0 bridgehead atoms. The van der Waals surface area contributed by atoms with Crippen molar-refractivity contribution in [2.24, 2.45) is 11.7 Å². The highest BCUT2D eigenvalue weighted by molar-refractivity contribution is 5.84. The molecule has 0 heterocycles. The molecule has 0 rings (SSSR count). The van der Waals surface area contributed by atoms with Crippen molar-refractivity contribution in [1.29, 1.82) is 0 Å². The summed E-state index contributed by atoms with van der Waals surface area (Å²) in [7, 11) is 4.02. The third kappa shape index (κ3) is 3.80. The van der Waals surface area contributed by atoms with Crippen LogP contribution in [-0.4, -0.2) is 43.5 Å². The average molecular weight is 215 g/mol. The minimum Gasteiger partial charge on any atom is -0.368 e. The Bertz CT molecular complexity index is 204. The van der Waals surface area contributed by atoms with Crippen molar-refractivity contribution in [2.45, 2.75) is 32.7 Å². The molecule has 0 saturated heterocycles. The maximum atomic E-state index is 11.5. The Labute approximate surface area is 93.2 Å². The molecule has 1 amide bonds. The molecule has 0 aromatic rings. The van der Waals surface area contributed by atoms with Crippen molar-refractivity contribution in [3.05, 3.63) is 0 Å². The molecular weight excluding hydrogens is 190 g/mol. The molecule has 4 heteroatoms. The van der Waals surface area contributed by atoms with Gasteiger partial charge in [-0.1, -0.05) is 20.8 Å². The van der Waals surface area contributed by atoms with Gasteiger partial charge in [0.05, 0.1) is 5.54 Å². The Balaban J connectivity index is 4.43. The van der Waals surface area contributed by atoms with Crippen LogP contribution in [0.25, 0.3) is 0 Å². The molecule has 0 radical (unpaired) electrons. The number of amides is 1. The van der Waals surface area contributed by atoms with E-state index in [-0.39, 0.29) is 11.8 Å². The zero-order valence-corrected chi connectivity index (χ0v) is 10.6. The van der Waals surface area contributed by atoms with Crippen molar-refractivity contribution in [3.8, 4) is 0 Å². The molecule has 1 unspecified atom stereocenters. The van der Waals surface area contributed by atoms with Crippen LogP contribution in [-0.2, 0) is 4.79 Å². The molecule has 0 spiro atoms. The number of nitrogens with zero attached hydrogens (tertiary/aromatic N) is 1. The summed E-state index contributed by atoms with van der Waals surface area (Å²) in [4.78, 5) is 13.6. The standard InChI is InChI=1S/C11H25N3O/c1-6-11(9(2)3,10(12)15)13-7-8-14(4)5/h9,13H,6-8H2,1-5H3,(H2,12,15). The largest absolute Gasteiger partial charge is 0.368 e. The summed E-state index contributed by atoms with van der Waals surface area (Å²) in [6, 6.07) is 0. The number of hydrogen-bond donors (Lipinski definition) is 2. The van der Waals surface area contributed by atoms with Crippen LogP contribution in [0.5, 0.6) is 0 Å². The van der Waals surface area contributed by atoms with E-state index >= 15 is 0 Å². The van der Waals surface area contributed by atoms with Gasteiger partial charge in [-0.2, -0.15) is 0 Å². The summed E-state index contributed by atoms with van der Waals surface area (Å²) in [6.07, 6.45) is 0.730. The lowest BCUT2D eigenvalue weighted by atomic mass is 9.83. The van der Waals surface area contributed by atoms with Crippen LogP contribution >= 0.6 is 0 Å². The Morgan fingerprint density at radius 3 is 2.27 bits per heavy atom. The van der Waals surface area contributed by atoms with E-state index in [9.17, 15) is 4.79 Å². The van der Waals surface area contributed by atoms with Crippen LogP contribution in [0, 0.1) is 5.92 Å². The lowest BCUT2D eigenvalue weighted by molar-refractivity contribution is -0.126. The van der Waals surface area contributed by atoms with E-state index in [4.69, 9.17) is 5.73 Å². The number of carbonyl (C=O) groups excluding carboxylic acids is 1. The highest BCUT2D eigenvalue weighted by atomic mass is 16.1. The van der Waals surface area contributed by atoms with E-state index in [1.807, 2.05) is 34.9 Å². The van der Waals surface area contributed by atoms with Crippen molar-refractivity contribution in [2.75, 3.05) is 27.2 Å². The third-order valence-electron chi connectivity index (χ3n) is 2.98. The fourth-order valence-electron chi connectivity index (χ4n) is 1.79. The van der Waals surface area contributed by atoms with Crippen molar-refractivity contribution >= 4 is 5.91 Å². The normalized spacial score (nSPS) is 15.7. The van der Waals surface area contributed by atoms with Gasteiger partial charge in [-0.3, -0.25) is 4.79 Å². The zero-order chi connectivity index (χ0) is 12.1. The smallest absolute Gasteiger partial charge is 0.237 e. The first kappa shape index (κ1) is 14.4. The fourth-order valence-corrected chi connectivity index (χ4v) is 1.79. The lowest BCUT2D eigenvalue weighted by Gasteiger charge is -2.35. The second-order valence-corrected chi connectivity index (χ2v) is 4.57. The minimum absolute atomic E-state index is 0.210. The van der Waals surface area contributed by atoms with E-state index in [0.717, 1.165) is 19.5 Å². The summed E-state index contributed by atoms with van der Waals surface area (Å²) in [5.41, 5.74) is 4.93. The van der Waals surface area contributed by atoms with Gasteiger partial charge in [-0.05, 0) is 26.4 Å².